The largest absolute Gasteiger partial charge is 0.373 e. The monoisotopic (exact) mass is 244 g/mol. The molecule has 0 saturated heterocycles. The van der Waals surface area contributed by atoms with Gasteiger partial charge < -0.3 is 4.90 Å². The summed E-state index contributed by atoms with van der Waals surface area (Å²) in [5.41, 5.74) is 1.76. The van der Waals surface area contributed by atoms with Gasteiger partial charge in [0.25, 0.3) is 0 Å². The van der Waals surface area contributed by atoms with Crippen molar-refractivity contribution in [3.05, 3.63) is 35.7 Å². The van der Waals surface area contributed by atoms with E-state index in [4.69, 9.17) is 0 Å². The first-order chi connectivity index (χ1) is 8.65. The summed E-state index contributed by atoms with van der Waals surface area (Å²) in [5.74, 6) is -0.931. The molecule has 0 aliphatic heterocycles. The zero-order chi connectivity index (χ0) is 13.1. The van der Waals surface area contributed by atoms with Crippen LogP contribution >= 0.6 is 0 Å². The number of rotatable bonds is 4. The Hall–Kier alpha value is -1.97. The number of unbranched alkanes of at least 4 members (excludes halogenated alkanes) is 1. The number of Topliss-reactive ketones (excluding diaryl/α,β-unsaturated/α-hetero) is 1. The fraction of sp³-hybridized carbons (Fsp3) is 0.357. The minimum Gasteiger partial charge on any atom is -0.373 e. The summed E-state index contributed by atoms with van der Waals surface area (Å²) in [7, 11) is 1.92. The molecule has 18 heavy (non-hydrogen) atoms. The molecule has 0 saturated carbocycles. The average molecular weight is 244 g/mol. The fourth-order valence-corrected chi connectivity index (χ4v) is 1.99. The molecule has 1 aliphatic rings. The van der Waals surface area contributed by atoms with Gasteiger partial charge in [-0.05, 0) is 18.6 Å². The van der Waals surface area contributed by atoms with Crippen LogP contribution in [0.1, 0.15) is 35.8 Å². The molecule has 2 rings (SSSR count). The second-order valence-corrected chi connectivity index (χ2v) is 4.40. The molecule has 0 amide bonds. The molecule has 0 unspecified atom stereocenters. The molecule has 0 bridgehead atoms. The van der Waals surface area contributed by atoms with Crippen LogP contribution in [-0.2, 0) is 4.79 Å². The zero-order valence-corrected chi connectivity index (χ0v) is 10.6. The van der Waals surface area contributed by atoms with Gasteiger partial charge in [0.05, 0.1) is 17.0 Å². The SMILES string of the molecule is CCCCN(C)C1=CC(=O)C(=O)c2cccnc21. The van der Waals surface area contributed by atoms with Crippen molar-refractivity contribution in [1.82, 2.24) is 9.88 Å². The molecule has 4 heteroatoms. The zero-order valence-electron chi connectivity index (χ0n) is 10.6. The summed E-state index contributed by atoms with van der Waals surface area (Å²) < 4.78 is 0. The van der Waals surface area contributed by atoms with E-state index < -0.39 is 11.6 Å². The van der Waals surface area contributed by atoms with Crippen molar-refractivity contribution in [3.8, 4) is 0 Å². The van der Waals surface area contributed by atoms with Crippen LogP contribution in [0.4, 0.5) is 0 Å². The van der Waals surface area contributed by atoms with Crippen LogP contribution in [0.25, 0.3) is 5.70 Å². The van der Waals surface area contributed by atoms with E-state index in [-0.39, 0.29) is 0 Å². The number of carbonyl (C=O) groups is 2. The van der Waals surface area contributed by atoms with Gasteiger partial charge in [0.15, 0.2) is 0 Å². The van der Waals surface area contributed by atoms with Crippen LogP contribution in [-0.4, -0.2) is 35.0 Å². The van der Waals surface area contributed by atoms with Crippen LogP contribution in [0.3, 0.4) is 0 Å². The van der Waals surface area contributed by atoms with Crippen molar-refractivity contribution in [2.24, 2.45) is 0 Å². The van der Waals surface area contributed by atoms with E-state index in [1.165, 1.54) is 6.08 Å². The number of carbonyl (C=O) groups excluding carboxylic acids is 2. The molecule has 0 spiro atoms. The van der Waals surface area contributed by atoms with Crippen molar-refractivity contribution in [1.29, 1.82) is 0 Å². The first-order valence-corrected chi connectivity index (χ1v) is 6.12. The van der Waals surface area contributed by atoms with Crippen LogP contribution in [0.15, 0.2) is 24.4 Å². The number of nitrogens with zero attached hydrogens (tertiary/aromatic N) is 2. The van der Waals surface area contributed by atoms with Gasteiger partial charge in [-0.3, -0.25) is 14.6 Å². The fourth-order valence-electron chi connectivity index (χ4n) is 1.99. The van der Waals surface area contributed by atoms with Crippen molar-refractivity contribution >= 4 is 17.3 Å². The van der Waals surface area contributed by atoms with Crippen LogP contribution < -0.4 is 0 Å². The minimum atomic E-state index is -0.467. The van der Waals surface area contributed by atoms with Gasteiger partial charge in [-0.25, -0.2) is 0 Å². The van der Waals surface area contributed by atoms with Gasteiger partial charge in [0.1, 0.15) is 0 Å². The van der Waals surface area contributed by atoms with Crippen molar-refractivity contribution in [3.63, 3.8) is 0 Å². The highest BCUT2D eigenvalue weighted by atomic mass is 16.2. The van der Waals surface area contributed by atoms with Crippen LogP contribution in [0.5, 0.6) is 0 Å². The molecule has 0 radical (unpaired) electrons. The number of ketones is 2. The minimum absolute atomic E-state index is 0.406. The van der Waals surface area contributed by atoms with Crippen LogP contribution in [0, 0.1) is 0 Å². The lowest BCUT2D eigenvalue weighted by molar-refractivity contribution is -0.111. The third-order valence-electron chi connectivity index (χ3n) is 3.04. The molecule has 1 heterocycles. The number of allylic oxidation sites excluding steroid dienone is 1. The summed E-state index contributed by atoms with van der Waals surface area (Å²) in [4.78, 5) is 29.6. The van der Waals surface area contributed by atoms with Gasteiger partial charge >= 0.3 is 0 Å². The van der Waals surface area contributed by atoms with E-state index in [0.717, 1.165) is 25.1 Å². The second kappa shape index (κ2) is 5.12. The Labute approximate surface area is 106 Å². The highest BCUT2D eigenvalue weighted by Gasteiger charge is 2.27. The first kappa shape index (κ1) is 12.5. The third-order valence-corrected chi connectivity index (χ3v) is 3.04. The number of fused-ring (bicyclic) bond motifs is 1. The molecule has 94 valence electrons. The lowest BCUT2D eigenvalue weighted by Gasteiger charge is -2.25. The maximum atomic E-state index is 11.7. The predicted molar refractivity (Wildman–Crippen MR) is 69.1 cm³/mol. The molecule has 1 aliphatic carbocycles. The van der Waals surface area contributed by atoms with Gasteiger partial charge in [-0.1, -0.05) is 13.3 Å². The van der Waals surface area contributed by atoms with E-state index in [9.17, 15) is 9.59 Å². The number of hydrogen-bond acceptors (Lipinski definition) is 4. The topological polar surface area (TPSA) is 50.3 Å². The summed E-state index contributed by atoms with van der Waals surface area (Å²) in [6, 6.07) is 3.34. The quantitative estimate of drug-likeness (QED) is 0.759. The van der Waals surface area contributed by atoms with Gasteiger partial charge in [-0.15, -0.1) is 0 Å². The smallest absolute Gasteiger partial charge is 0.235 e. The molecule has 0 N–H and O–H groups in total. The molecule has 0 fully saturated rings. The van der Waals surface area contributed by atoms with Crippen molar-refractivity contribution in [2.45, 2.75) is 19.8 Å². The van der Waals surface area contributed by atoms with Crippen LogP contribution in [0.2, 0.25) is 0 Å². The van der Waals surface area contributed by atoms with Crippen molar-refractivity contribution in [2.75, 3.05) is 13.6 Å². The Kier molecular flexibility index (Phi) is 3.55. The third kappa shape index (κ3) is 2.18. The van der Waals surface area contributed by atoms with E-state index in [1.807, 2.05) is 11.9 Å². The highest BCUT2D eigenvalue weighted by Crippen LogP contribution is 2.25. The highest BCUT2D eigenvalue weighted by molar-refractivity contribution is 6.50. The Morgan fingerprint density at radius 2 is 2.11 bits per heavy atom. The number of aromatic nitrogens is 1. The Bertz CT molecular complexity index is 520. The summed E-state index contributed by atoms with van der Waals surface area (Å²) in [5, 5.41) is 0. The van der Waals surface area contributed by atoms with Crippen molar-refractivity contribution < 1.29 is 9.59 Å². The maximum absolute atomic E-state index is 11.7. The molecular formula is C14H16N2O2. The standard InChI is InChI=1S/C14H16N2O2/c1-3-4-8-16(2)11-9-12(17)14(18)10-6-5-7-15-13(10)11/h5-7,9H,3-4,8H2,1-2H3. The van der Waals surface area contributed by atoms with Gasteiger partial charge in [0, 0.05) is 25.9 Å². The van der Waals surface area contributed by atoms with Gasteiger partial charge in [0.2, 0.25) is 11.6 Å². The predicted octanol–water partition coefficient (Wildman–Crippen LogP) is 1.92. The van der Waals surface area contributed by atoms with E-state index in [0.29, 0.717) is 11.3 Å². The summed E-state index contributed by atoms with van der Waals surface area (Å²) in [6.07, 6.45) is 5.16. The van der Waals surface area contributed by atoms with E-state index in [1.54, 1.807) is 18.3 Å². The molecule has 1 aromatic heterocycles. The maximum Gasteiger partial charge on any atom is 0.235 e. The molecule has 0 aromatic carbocycles. The molecule has 4 nitrogen and oxygen atoms in total. The summed E-state index contributed by atoms with van der Waals surface area (Å²) >= 11 is 0. The number of pyridine rings is 1. The Morgan fingerprint density at radius 3 is 2.83 bits per heavy atom. The molecule has 1 aromatic rings. The molecule has 0 atom stereocenters. The van der Waals surface area contributed by atoms with E-state index >= 15 is 0 Å². The normalized spacial score (nSPS) is 14.2. The lowest BCUT2D eigenvalue weighted by Crippen LogP contribution is -2.27. The summed E-state index contributed by atoms with van der Waals surface area (Å²) in [6.45, 7) is 2.96. The Morgan fingerprint density at radius 1 is 1.33 bits per heavy atom. The van der Waals surface area contributed by atoms with Gasteiger partial charge in [-0.2, -0.15) is 0 Å². The second-order valence-electron chi connectivity index (χ2n) is 4.40. The Balaban J connectivity index is 2.38. The lowest BCUT2D eigenvalue weighted by atomic mass is 9.96. The van der Waals surface area contributed by atoms with E-state index in [2.05, 4.69) is 11.9 Å². The molecular weight excluding hydrogens is 228 g/mol. The first-order valence-electron chi connectivity index (χ1n) is 6.12. The average Bonchev–Trinajstić information content (AvgIpc) is 2.40. The number of hydrogen-bond donors (Lipinski definition) is 0.